The molecule has 0 radical (unpaired) electrons. The second kappa shape index (κ2) is 3.57. The Morgan fingerprint density at radius 3 is 2.81 bits per heavy atom. The van der Waals surface area contributed by atoms with Gasteiger partial charge in [-0.15, -0.1) is 11.3 Å². The van der Waals surface area contributed by atoms with Gasteiger partial charge < -0.3 is 4.98 Å². The molecule has 3 heterocycles. The first-order valence-electron chi connectivity index (χ1n) is 4.81. The molecule has 3 nitrogen and oxygen atoms in total. The van der Waals surface area contributed by atoms with Crippen molar-refractivity contribution in [2.24, 2.45) is 0 Å². The predicted molar refractivity (Wildman–Crippen MR) is 66.9 cm³/mol. The summed E-state index contributed by atoms with van der Waals surface area (Å²) in [4.78, 5) is 13.1. The number of fused-ring (bicyclic) bond motifs is 1. The standard InChI is InChI=1S/C11H8ClN3S/c1-6-2-3-7-10(13-6)15-11(14-7)8-4-5-9(12)16-8/h2-5H,1H3,(H,13,14,15). The van der Waals surface area contributed by atoms with E-state index in [4.69, 9.17) is 11.6 Å². The van der Waals surface area contributed by atoms with Crippen LogP contribution in [0.2, 0.25) is 4.34 Å². The fourth-order valence-corrected chi connectivity index (χ4v) is 2.53. The van der Waals surface area contributed by atoms with E-state index in [-0.39, 0.29) is 0 Å². The Labute approximate surface area is 101 Å². The highest BCUT2D eigenvalue weighted by Gasteiger charge is 2.08. The van der Waals surface area contributed by atoms with Gasteiger partial charge in [0.2, 0.25) is 0 Å². The normalized spacial score (nSPS) is 11.1. The Balaban J connectivity index is 2.18. The predicted octanol–water partition coefficient (Wildman–Crippen LogP) is 3.65. The molecule has 80 valence electrons. The molecule has 5 heteroatoms. The Morgan fingerprint density at radius 2 is 2.06 bits per heavy atom. The summed E-state index contributed by atoms with van der Waals surface area (Å²) in [6, 6.07) is 7.78. The lowest BCUT2D eigenvalue weighted by atomic mass is 10.4. The molecule has 3 aromatic heterocycles. The number of hydrogen-bond acceptors (Lipinski definition) is 3. The van der Waals surface area contributed by atoms with Gasteiger partial charge in [-0.25, -0.2) is 9.97 Å². The van der Waals surface area contributed by atoms with Gasteiger partial charge in [-0.1, -0.05) is 11.6 Å². The number of aromatic nitrogens is 3. The number of aromatic amines is 1. The molecular formula is C11H8ClN3S. The Morgan fingerprint density at radius 1 is 1.19 bits per heavy atom. The van der Waals surface area contributed by atoms with Crippen LogP contribution in [0.25, 0.3) is 21.9 Å². The number of nitrogens with zero attached hydrogens (tertiary/aromatic N) is 2. The van der Waals surface area contributed by atoms with Crippen molar-refractivity contribution in [2.75, 3.05) is 0 Å². The van der Waals surface area contributed by atoms with E-state index in [0.29, 0.717) is 0 Å². The number of halogens is 1. The number of hydrogen-bond donors (Lipinski definition) is 1. The average Bonchev–Trinajstić information content (AvgIpc) is 2.83. The molecule has 1 N–H and O–H groups in total. The quantitative estimate of drug-likeness (QED) is 0.715. The largest absolute Gasteiger partial charge is 0.336 e. The van der Waals surface area contributed by atoms with Gasteiger partial charge >= 0.3 is 0 Å². The number of thiophene rings is 1. The van der Waals surface area contributed by atoms with Crippen molar-refractivity contribution in [1.29, 1.82) is 0 Å². The molecule has 3 rings (SSSR count). The highest BCUT2D eigenvalue weighted by atomic mass is 35.5. The van der Waals surface area contributed by atoms with Crippen LogP contribution in [0.3, 0.4) is 0 Å². The third kappa shape index (κ3) is 1.60. The van der Waals surface area contributed by atoms with Crippen LogP contribution in [0, 0.1) is 6.92 Å². The van der Waals surface area contributed by atoms with E-state index in [1.54, 1.807) is 0 Å². The smallest absolute Gasteiger partial charge is 0.178 e. The van der Waals surface area contributed by atoms with Crippen molar-refractivity contribution in [2.45, 2.75) is 6.92 Å². The van der Waals surface area contributed by atoms with E-state index >= 15 is 0 Å². The summed E-state index contributed by atoms with van der Waals surface area (Å²) in [7, 11) is 0. The molecule has 0 saturated heterocycles. The SMILES string of the molecule is Cc1ccc2[nH]c(-c3ccc(Cl)s3)nc2n1. The second-order valence-corrected chi connectivity index (χ2v) is 5.23. The highest BCUT2D eigenvalue weighted by Crippen LogP contribution is 2.29. The zero-order chi connectivity index (χ0) is 11.1. The number of nitrogens with one attached hydrogen (secondary N) is 1. The van der Waals surface area contributed by atoms with E-state index in [9.17, 15) is 0 Å². The molecule has 0 saturated carbocycles. The zero-order valence-corrected chi connectivity index (χ0v) is 10.1. The minimum atomic E-state index is 0.750. The van der Waals surface area contributed by atoms with E-state index in [0.717, 1.165) is 31.9 Å². The van der Waals surface area contributed by atoms with Crippen LogP contribution >= 0.6 is 22.9 Å². The first kappa shape index (κ1) is 9.81. The molecule has 0 aliphatic rings. The van der Waals surface area contributed by atoms with Gasteiger partial charge in [0.25, 0.3) is 0 Å². The van der Waals surface area contributed by atoms with Crippen LogP contribution in [0.4, 0.5) is 0 Å². The van der Waals surface area contributed by atoms with Gasteiger partial charge in [0.05, 0.1) is 14.7 Å². The number of pyridine rings is 1. The lowest BCUT2D eigenvalue weighted by Gasteiger charge is -1.88. The van der Waals surface area contributed by atoms with Crippen molar-refractivity contribution < 1.29 is 0 Å². The van der Waals surface area contributed by atoms with Gasteiger partial charge in [-0.05, 0) is 31.2 Å². The molecule has 3 aromatic rings. The third-order valence-electron chi connectivity index (χ3n) is 2.29. The summed E-state index contributed by atoms with van der Waals surface area (Å²) < 4.78 is 0.764. The van der Waals surface area contributed by atoms with Crippen molar-refractivity contribution in [3.63, 3.8) is 0 Å². The molecule has 0 atom stereocenters. The highest BCUT2D eigenvalue weighted by molar-refractivity contribution is 7.19. The molecule has 0 unspecified atom stereocenters. The Kier molecular flexibility index (Phi) is 2.19. The van der Waals surface area contributed by atoms with E-state index in [1.807, 2.05) is 31.2 Å². The number of aryl methyl sites for hydroxylation is 1. The average molecular weight is 250 g/mol. The topological polar surface area (TPSA) is 41.6 Å². The summed E-state index contributed by atoms with van der Waals surface area (Å²) in [5, 5.41) is 0. The van der Waals surface area contributed by atoms with E-state index in [1.165, 1.54) is 11.3 Å². The molecule has 0 fully saturated rings. The van der Waals surface area contributed by atoms with Gasteiger partial charge in [0.15, 0.2) is 11.5 Å². The number of rotatable bonds is 1. The van der Waals surface area contributed by atoms with Crippen LogP contribution in [-0.4, -0.2) is 15.0 Å². The van der Waals surface area contributed by atoms with Gasteiger partial charge in [-0.3, -0.25) is 0 Å². The van der Waals surface area contributed by atoms with Crippen molar-refractivity contribution in [3.05, 3.63) is 34.3 Å². The summed E-state index contributed by atoms with van der Waals surface area (Å²) in [5.41, 5.74) is 2.67. The van der Waals surface area contributed by atoms with Gasteiger partial charge in [-0.2, -0.15) is 0 Å². The van der Waals surface area contributed by atoms with Crippen molar-refractivity contribution in [1.82, 2.24) is 15.0 Å². The molecule has 0 aromatic carbocycles. The Bertz CT molecular complexity index is 656. The minimum absolute atomic E-state index is 0.750. The minimum Gasteiger partial charge on any atom is -0.336 e. The molecular weight excluding hydrogens is 242 g/mol. The second-order valence-electron chi connectivity index (χ2n) is 3.51. The molecule has 16 heavy (non-hydrogen) atoms. The monoisotopic (exact) mass is 249 g/mol. The molecule has 0 aliphatic heterocycles. The number of H-pyrrole nitrogens is 1. The van der Waals surface area contributed by atoms with Crippen molar-refractivity contribution in [3.8, 4) is 10.7 Å². The Hall–Kier alpha value is -1.39. The first-order chi connectivity index (χ1) is 7.72. The van der Waals surface area contributed by atoms with Crippen LogP contribution < -0.4 is 0 Å². The zero-order valence-electron chi connectivity index (χ0n) is 8.49. The van der Waals surface area contributed by atoms with Gasteiger partial charge in [0, 0.05) is 5.69 Å². The fourth-order valence-electron chi connectivity index (χ4n) is 1.55. The van der Waals surface area contributed by atoms with Crippen LogP contribution in [-0.2, 0) is 0 Å². The number of imidazole rings is 1. The molecule has 0 spiro atoms. The summed E-state index contributed by atoms with van der Waals surface area (Å²) in [5.74, 6) is 0.824. The molecule has 0 amide bonds. The fraction of sp³-hybridized carbons (Fsp3) is 0.0909. The van der Waals surface area contributed by atoms with E-state index in [2.05, 4.69) is 15.0 Å². The maximum Gasteiger partial charge on any atom is 0.178 e. The summed E-state index contributed by atoms with van der Waals surface area (Å²) in [6.07, 6.45) is 0. The van der Waals surface area contributed by atoms with Gasteiger partial charge in [0.1, 0.15) is 0 Å². The van der Waals surface area contributed by atoms with Crippen LogP contribution in [0.1, 0.15) is 5.69 Å². The lowest BCUT2D eigenvalue weighted by Crippen LogP contribution is -1.80. The summed E-state index contributed by atoms with van der Waals surface area (Å²) in [6.45, 7) is 1.95. The third-order valence-corrected chi connectivity index (χ3v) is 3.53. The maximum atomic E-state index is 5.90. The lowest BCUT2D eigenvalue weighted by molar-refractivity contribution is 1.22. The first-order valence-corrected chi connectivity index (χ1v) is 6.01. The van der Waals surface area contributed by atoms with Crippen LogP contribution in [0.5, 0.6) is 0 Å². The summed E-state index contributed by atoms with van der Waals surface area (Å²) >= 11 is 7.40. The molecule has 0 aliphatic carbocycles. The molecule has 0 bridgehead atoms. The van der Waals surface area contributed by atoms with Crippen molar-refractivity contribution >= 4 is 34.1 Å². The van der Waals surface area contributed by atoms with Crippen LogP contribution in [0.15, 0.2) is 24.3 Å². The maximum absolute atomic E-state index is 5.90. The van der Waals surface area contributed by atoms with E-state index < -0.39 is 0 Å².